The minimum atomic E-state index is -3.10. The zero-order valence-electron chi connectivity index (χ0n) is 21.7. The number of alkyl halides is 2. The second kappa shape index (κ2) is 8.92. The predicted octanol–water partition coefficient (Wildman–Crippen LogP) is 7.29. The average Bonchev–Trinajstić information content (AvgIpc) is 3.61. The molecule has 2 unspecified atom stereocenters. The van der Waals surface area contributed by atoms with Crippen molar-refractivity contribution in [1.29, 1.82) is 0 Å². The number of ether oxygens (including phenoxy) is 2. The molecule has 5 aliphatic carbocycles. The maximum absolute atomic E-state index is 15.9. The molecule has 0 amide bonds. The number of halogens is 2. The second-order valence-corrected chi connectivity index (χ2v) is 12.7. The van der Waals surface area contributed by atoms with E-state index in [0.29, 0.717) is 36.9 Å². The highest BCUT2D eigenvalue weighted by molar-refractivity contribution is 5.70. The van der Waals surface area contributed by atoms with Crippen LogP contribution in [-0.4, -0.2) is 30.2 Å². The lowest BCUT2D eigenvalue weighted by atomic mass is 9.47. The summed E-state index contributed by atoms with van der Waals surface area (Å²) >= 11 is 0. The smallest absolute Gasteiger partial charge is 0.306 e. The Bertz CT molecular complexity index is 1020. The van der Waals surface area contributed by atoms with Gasteiger partial charge >= 0.3 is 11.9 Å². The van der Waals surface area contributed by atoms with Crippen LogP contribution in [0.25, 0.3) is 0 Å². The summed E-state index contributed by atoms with van der Waals surface area (Å²) < 4.78 is 43.8. The Balaban J connectivity index is 1.16. The third kappa shape index (κ3) is 4.04. The van der Waals surface area contributed by atoms with Gasteiger partial charge in [-0.2, -0.15) is 8.78 Å². The molecule has 4 saturated carbocycles. The summed E-state index contributed by atoms with van der Waals surface area (Å²) in [6.07, 6.45) is 10.3. The number of benzene rings is 1. The number of hydrogen-bond donors (Lipinski definition) is 0. The highest BCUT2D eigenvalue weighted by Crippen LogP contribution is 2.67. The zero-order valence-corrected chi connectivity index (χ0v) is 21.7. The molecular weight excluding hydrogens is 458 g/mol. The summed E-state index contributed by atoms with van der Waals surface area (Å²) in [4.78, 5) is 12.5. The molecule has 0 radical (unpaired) electrons. The van der Waals surface area contributed by atoms with E-state index in [4.69, 9.17) is 9.47 Å². The molecule has 0 saturated heterocycles. The summed E-state index contributed by atoms with van der Waals surface area (Å²) in [7, 11) is 0. The number of allylic oxidation sites excluding steroid dienone is 1. The van der Waals surface area contributed by atoms with E-state index in [1.807, 2.05) is 36.4 Å². The lowest BCUT2D eigenvalue weighted by molar-refractivity contribution is -0.183. The van der Waals surface area contributed by atoms with Crippen LogP contribution in [0.15, 0.2) is 42.0 Å². The number of carbonyl (C=O) groups is 1. The van der Waals surface area contributed by atoms with Crippen molar-refractivity contribution in [3.63, 3.8) is 0 Å². The van der Waals surface area contributed by atoms with Crippen molar-refractivity contribution in [3.05, 3.63) is 47.5 Å². The molecule has 1 aromatic carbocycles. The lowest BCUT2D eigenvalue weighted by Gasteiger charge is -2.59. The quantitative estimate of drug-likeness (QED) is 0.305. The highest BCUT2D eigenvalue weighted by atomic mass is 19.3. The van der Waals surface area contributed by atoms with E-state index in [-0.39, 0.29) is 29.7 Å². The van der Waals surface area contributed by atoms with Gasteiger partial charge in [-0.15, -0.1) is 0 Å². The van der Waals surface area contributed by atoms with E-state index in [1.54, 1.807) is 0 Å². The summed E-state index contributed by atoms with van der Waals surface area (Å²) in [5, 5.41) is 0. The number of carbonyl (C=O) groups excluding carboxylic acids is 1. The van der Waals surface area contributed by atoms with Gasteiger partial charge < -0.3 is 9.47 Å². The van der Waals surface area contributed by atoms with Crippen molar-refractivity contribution >= 4 is 5.97 Å². The molecule has 0 heterocycles. The normalized spacial score (nSPS) is 41.0. The molecule has 0 spiro atoms. The third-order valence-corrected chi connectivity index (χ3v) is 10.7. The van der Waals surface area contributed by atoms with E-state index < -0.39 is 23.4 Å². The van der Waals surface area contributed by atoms with Crippen LogP contribution in [-0.2, 0) is 20.7 Å². The van der Waals surface area contributed by atoms with Crippen molar-refractivity contribution in [1.82, 2.24) is 0 Å². The summed E-state index contributed by atoms with van der Waals surface area (Å²) in [5.41, 5.74) is 0.922. The first-order chi connectivity index (χ1) is 17.2. The van der Waals surface area contributed by atoms with Gasteiger partial charge in [0.2, 0.25) is 0 Å². The van der Waals surface area contributed by atoms with E-state index in [2.05, 4.69) is 13.8 Å². The van der Waals surface area contributed by atoms with Crippen molar-refractivity contribution < 1.29 is 23.0 Å². The maximum Gasteiger partial charge on any atom is 0.306 e. The predicted molar refractivity (Wildman–Crippen MR) is 135 cm³/mol. The number of esters is 1. The first-order valence-corrected chi connectivity index (χ1v) is 14.2. The summed E-state index contributed by atoms with van der Waals surface area (Å²) in [6.45, 7) is 4.49. The fraction of sp³-hybridized carbons (Fsp3) is 0.710. The number of hydrogen-bond acceptors (Lipinski definition) is 3. The molecule has 5 aliphatic rings. The molecule has 0 N–H and O–H groups in total. The first-order valence-electron chi connectivity index (χ1n) is 14.2. The van der Waals surface area contributed by atoms with Gasteiger partial charge in [0.25, 0.3) is 0 Å². The van der Waals surface area contributed by atoms with Gasteiger partial charge in [0.1, 0.15) is 0 Å². The minimum Gasteiger partial charge on any atom is -0.456 e. The molecule has 36 heavy (non-hydrogen) atoms. The number of fused-ring (bicyclic) bond motifs is 5. The Hall–Kier alpha value is -1.75. The Morgan fingerprint density at radius 1 is 0.944 bits per heavy atom. The summed E-state index contributed by atoms with van der Waals surface area (Å²) in [6, 6.07) is 9.64. The molecule has 3 nitrogen and oxygen atoms in total. The number of rotatable bonds is 6. The molecule has 0 aromatic heterocycles. The maximum atomic E-state index is 15.9. The minimum absolute atomic E-state index is 0.127. The molecule has 7 atom stereocenters. The topological polar surface area (TPSA) is 35.5 Å². The van der Waals surface area contributed by atoms with E-state index in [9.17, 15) is 4.79 Å². The fourth-order valence-corrected chi connectivity index (χ4v) is 8.57. The Kier molecular flexibility index (Phi) is 6.09. The third-order valence-electron chi connectivity index (χ3n) is 10.7. The van der Waals surface area contributed by atoms with E-state index in [1.165, 1.54) is 12.8 Å². The van der Waals surface area contributed by atoms with Gasteiger partial charge in [0, 0.05) is 12.0 Å². The van der Waals surface area contributed by atoms with Crippen LogP contribution in [0.2, 0.25) is 0 Å². The van der Waals surface area contributed by atoms with Gasteiger partial charge in [-0.3, -0.25) is 4.79 Å². The van der Waals surface area contributed by atoms with Gasteiger partial charge in [0.15, 0.2) is 6.10 Å². The molecule has 196 valence electrons. The Morgan fingerprint density at radius 3 is 2.47 bits per heavy atom. The molecule has 6 rings (SSSR count). The second-order valence-electron chi connectivity index (χ2n) is 12.7. The Labute approximate surface area is 214 Å². The summed E-state index contributed by atoms with van der Waals surface area (Å²) in [5.74, 6) is -2.35. The van der Waals surface area contributed by atoms with E-state index >= 15 is 8.78 Å². The van der Waals surface area contributed by atoms with Crippen molar-refractivity contribution in [2.75, 3.05) is 0 Å². The molecule has 0 aliphatic heterocycles. The van der Waals surface area contributed by atoms with Crippen LogP contribution in [0.1, 0.15) is 83.6 Å². The van der Waals surface area contributed by atoms with Crippen molar-refractivity contribution in [2.45, 2.75) is 109 Å². The van der Waals surface area contributed by atoms with Crippen molar-refractivity contribution in [2.24, 2.45) is 28.6 Å². The van der Waals surface area contributed by atoms with Gasteiger partial charge in [-0.25, -0.2) is 0 Å². The Morgan fingerprint density at radius 2 is 1.72 bits per heavy atom. The van der Waals surface area contributed by atoms with E-state index in [0.717, 1.165) is 37.7 Å². The van der Waals surface area contributed by atoms with Crippen LogP contribution >= 0.6 is 0 Å². The van der Waals surface area contributed by atoms with Gasteiger partial charge in [0.05, 0.1) is 12.2 Å². The highest BCUT2D eigenvalue weighted by Gasteiger charge is 2.64. The SMILES string of the molecule is C[C@]12CCC(OC(=O)CCc3ccccc3)C(F)(F)C1=CC[C@@H]1[C@H]2CC[C@]2(C)C(OC3CC3)CC[C@@H]12. The van der Waals surface area contributed by atoms with Crippen LogP contribution in [0.3, 0.4) is 0 Å². The first kappa shape index (κ1) is 24.6. The average molecular weight is 499 g/mol. The molecule has 1 aromatic rings. The zero-order chi connectivity index (χ0) is 25.1. The van der Waals surface area contributed by atoms with Crippen LogP contribution in [0, 0.1) is 28.6 Å². The molecule has 0 bridgehead atoms. The van der Waals surface area contributed by atoms with Gasteiger partial charge in [-0.05, 0) is 98.4 Å². The van der Waals surface area contributed by atoms with Crippen LogP contribution < -0.4 is 0 Å². The molecular formula is C31H40F2O3. The van der Waals surface area contributed by atoms with Gasteiger partial charge in [-0.1, -0.05) is 50.3 Å². The largest absolute Gasteiger partial charge is 0.456 e. The molecule has 5 heteroatoms. The van der Waals surface area contributed by atoms with Crippen LogP contribution in [0.4, 0.5) is 8.78 Å². The van der Waals surface area contributed by atoms with Crippen LogP contribution in [0.5, 0.6) is 0 Å². The fourth-order valence-electron chi connectivity index (χ4n) is 8.57. The van der Waals surface area contributed by atoms with Crippen molar-refractivity contribution in [3.8, 4) is 0 Å². The standard InChI is InChI=1S/C31H40F2O3/c1-29-19-17-27(36-28(34)15-8-20-6-4-3-5-7-20)31(32,33)25(29)13-11-22-23-12-14-26(35-21-9-10-21)30(23,2)18-16-24(22)29/h3-7,13,21-24,26-27H,8-12,14-19H2,1-2H3/t22-,23-,24+,26?,27?,29+,30-/m0/s1. The lowest BCUT2D eigenvalue weighted by Crippen LogP contribution is -2.57. The number of aryl methyl sites for hydroxylation is 1. The molecule has 4 fully saturated rings. The monoisotopic (exact) mass is 498 g/mol.